The van der Waals surface area contributed by atoms with E-state index < -0.39 is 24.5 Å². The highest BCUT2D eigenvalue weighted by Gasteiger charge is 2.28. The number of carbonyl (C=O) groups is 2. The fourth-order valence-electron chi connectivity index (χ4n) is 2.20. The summed E-state index contributed by atoms with van der Waals surface area (Å²) in [5.74, 6) is -1.17. The molecule has 0 bridgehead atoms. The normalized spacial score (nSPS) is 11.2. The standard InChI is InChI=1S/C16H16F3N3O3/c1-3-11-13(9(2)25-22-11)15(24)21-12-7-5-4-6-10(12)14(23)20-8-16(17,18)19/h4-7H,3,8H2,1-2H3,(H,20,23)(H,21,24). The lowest BCUT2D eigenvalue weighted by Crippen LogP contribution is -2.34. The van der Waals surface area contributed by atoms with Gasteiger partial charge in [-0.2, -0.15) is 13.2 Å². The Morgan fingerprint density at radius 3 is 2.52 bits per heavy atom. The van der Waals surface area contributed by atoms with Gasteiger partial charge in [-0.3, -0.25) is 9.59 Å². The molecule has 0 fully saturated rings. The highest BCUT2D eigenvalue weighted by Crippen LogP contribution is 2.20. The summed E-state index contributed by atoms with van der Waals surface area (Å²) in [6.45, 7) is 1.91. The minimum Gasteiger partial charge on any atom is -0.361 e. The first-order valence-corrected chi connectivity index (χ1v) is 7.43. The molecule has 25 heavy (non-hydrogen) atoms. The van der Waals surface area contributed by atoms with Crippen LogP contribution in [0.3, 0.4) is 0 Å². The number of para-hydroxylation sites is 1. The molecule has 0 atom stereocenters. The zero-order valence-corrected chi connectivity index (χ0v) is 13.5. The lowest BCUT2D eigenvalue weighted by molar-refractivity contribution is -0.123. The van der Waals surface area contributed by atoms with E-state index in [0.717, 1.165) is 0 Å². The Kier molecular flexibility index (Phi) is 5.45. The van der Waals surface area contributed by atoms with Crippen molar-refractivity contribution in [3.63, 3.8) is 0 Å². The Morgan fingerprint density at radius 1 is 1.20 bits per heavy atom. The van der Waals surface area contributed by atoms with E-state index in [0.29, 0.717) is 17.9 Å². The molecule has 1 aromatic carbocycles. The van der Waals surface area contributed by atoms with Crippen LogP contribution in [0, 0.1) is 6.92 Å². The van der Waals surface area contributed by atoms with Crippen LogP contribution in [0.15, 0.2) is 28.8 Å². The summed E-state index contributed by atoms with van der Waals surface area (Å²) in [4.78, 5) is 24.4. The molecule has 2 N–H and O–H groups in total. The third-order valence-electron chi connectivity index (χ3n) is 3.36. The number of carbonyl (C=O) groups excluding carboxylic acids is 2. The number of alkyl halides is 3. The van der Waals surface area contributed by atoms with Gasteiger partial charge in [0, 0.05) is 0 Å². The first-order chi connectivity index (χ1) is 11.7. The molecule has 0 saturated heterocycles. The predicted molar refractivity (Wildman–Crippen MR) is 83.4 cm³/mol. The third-order valence-corrected chi connectivity index (χ3v) is 3.36. The van der Waals surface area contributed by atoms with Gasteiger partial charge in [0.05, 0.1) is 16.9 Å². The fraction of sp³-hybridized carbons (Fsp3) is 0.312. The first kappa shape index (κ1) is 18.5. The number of benzene rings is 1. The molecule has 0 aliphatic carbocycles. The number of hydrogen-bond donors (Lipinski definition) is 2. The Labute approximate surface area is 141 Å². The highest BCUT2D eigenvalue weighted by molar-refractivity contribution is 6.09. The molecular weight excluding hydrogens is 339 g/mol. The molecule has 0 aliphatic rings. The van der Waals surface area contributed by atoms with E-state index in [1.54, 1.807) is 25.2 Å². The number of hydrogen-bond acceptors (Lipinski definition) is 4. The summed E-state index contributed by atoms with van der Waals surface area (Å²) in [5.41, 5.74) is 0.712. The van der Waals surface area contributed by atoms with Gasteiger partial charge in [0.15, 0.2) is 0 Å². The zero-order valence-electron chi connectivity index (χ0n) is 13.5. The first-order valence-electron chi connectivity index (χ1n) is 7.43. The lowest BCUT2D eigenvalue weighted by Gasteiger charge is -2.12. The van der Waals surface area contributed by atoms with Crippen LogP contribution < -0.4 is 10.6 Å². The average molecular weight is 355 g/mol. The summed E-state index contributed by atoms with van der Waals surface area (Å²) >= 11 is 0. The quantitative estimate of drug-likeness (QED) is 0.863. The topological polar surface area (TPSA) is 84.2 Å². The molecule has 1 aromatic heterocycles. The number of aryl methyl sites for hydroxylation is 2. The van der Waals surface area contributed by atoms with Crippen molar-refractivity contribution < 1.29 is 27.3 Å². The number of halogens is 3. The van der Waals surface area contributed by atoms with Crippen molar-refractivity contribution in [2.24, 2.45) is 0 Å². The predicted octanol–water partition coefficient (Wildman–Crippen LogP) is 3.09. The van der Waals surface area contributed by atoms with Gasteiger partial charge in [0.25, 0.3) is 11.8 Å². The molecule has 1 heterocycles. The van der Waals surface area contributed by atoms with Gasteiger partial charge in [-0.1, -0.05) is 24.2 Å². The van der Waals surface area contributed by atoms with Gasteiger partial charge in [-0.15, -0.1) is 0 Å². The highest BCUT2D eigenvalue weighted by atomic mass is 19.4. The zero-order chi connectivity index (χ0) is 18.6. The molecular formula is C16H16F3N3O3. The number of nitrogens with zero attached hydrogens (tertiary/aromatic N) is 1. The molecule has 0 unspecified atom stereocenters. The average Bonchev–Trinajstić information content (AvgIpc) is 2.93. The molecule has 134 valence electrons. The van der Waals surface area contributed by atoms with E-state index in [1.807, 2.05) is 0 Å². The summed E-state index contributed by atoms with van der Waals surface area (Å²) in [6, 6.07) is 5.79. The number of amides is 2. The van der Waals surface area contributed by atoms with Gasteiger partial charge in [-0.05, 0) is 25.5 Å². The van der Waals surface area contributed by atoms with Crippen LogP contribution in [-0.2, 0) is 6.42 Å². The van der Waals surface area contributed by atoms with E-state index in [-0.39, 0.29) is 16.8 Å². The Balaban J connectivity index is 2.22. The van der Waals surface area contributed by atoms with Crippen molar-refractivity contribution in [3.05, 3.63) is 46.8 Å². The van der Waals surface area contributed by atoms with Crippen LogP contribution in [0.1, 0.15) is 39.1 Å². The second-order valence-electron chi connectivity index (χ2n) is 5.21. The van der Waals surface area contributed by atoms with E-state index in [2.05, 4.69) is 10.5 Å². The summed E-state index contributed by atoms with van der Waals surface area (Å²) in [6.07, 6.45) is -4.06. The van der Waals surface area contributed by atoms with Crippen molar-refractivity contribution in [1.82, 2.24) is 10.5 Å². The molecule has 0 saturated carbocycles. The van der Waals surface area contributed by atoms with E-state index in [1.165, 1.54) is 18.2 Å². The van der Waals surface area contributed by atoms with Crippen molar-refractivity contribution in [2.45, 2.75) is 26.4 Å². The second-order valence-corrected chi connectivity index (χ2v) is 5.21. The van der Waals surface area contributed by atoms with Crippen molar-refractivity contribution in [1.29, 1.82) is 0 Å². The molecule has 6 nitrogen and oxygen atoms in total. The van der Waals surface area contributed by atoms with Gasteiger partial charge < -0.3 is 15.2 Å². The molecule has 0 aliphatic heterocycles. The maximum atomic E-state index is 12.4. The van der Waals surface area contributed by atoms with Crippen LogP contribution in [-0.4, -0.2) is 29.7 Å². The van der Waals surface area contributed by atoms with Crippen LogP contribution in [0.4, 0.5) is 18.9 Å². The summed E-state index contributed by atoms with van der Waals surface area (Å²) in [7, 11) is 0. The van der Waals surface area contributed by atoms with Crippen molar-refractivity contribution >= 4 is 17.5 Å². The summed E-state index contributed by atoms with van der Waals surface area (Å²) < 4.78 is 41.7. The van der Waals surface area contributed by atoms with E-state index in [4.69, 9.17) is 4.52 Å². The molecule has 0 spiro atoms. The van der Waals surface area contributed by atoms with Crippen LogP contribution in [0.5, 0.6) is 0 Å². The number of nitrogens with one attached hydrogen (secondary N) is 2. The minimum atomic E-state index is -4.52. The molecule has 0 radical (unpaired) electrons. The minimum absolute atomic E-state index is 0.0766. The summed E-state index contributed by atoms with van der Waals surface area (Å²) in [5, 5.41) is 8.07. The van der Waals surface area contributed by atoms with Gasteiger partial charge >= 0.3 is 6.18 Å². The van der Waals surface area contributed by atoms with Crippen molar-refractivity contribution in [3.8, 4) is 0 Å². The molecule has 2 rings (SSSR count). The smallest absolute Gasteiger partial charge is 0.361 e. The number of anilines is 1. The molecule has 2 aromatic rings. The Hall–Kier alpha value is -2.84. The number of aromatic nitrogens is 1. The Bertz CT molecular complexity index is 784. The third kappa shape index (κ3) is 4.59. The second kappa shape index (κ2) is 7.37. The van der Waals surface area contributed by atoms with Crippen LogP contribution in [0.2, 0.25) is 0 Å². The van der Waals surface area contributed by atoms with Gasteiger partial charge in [0.2, 0.25) is 0 Å². The van der Waals surface area contributed by atoms with E-state index >= 15 is 0 Å². The monoisotopic (exact) mass is 355 g/mol. The molecule has 2 amide bonds. The van der Waals surface area contributed by atoms with Crippen LogP contribution >= 0.6 is 0 Å². The lowest BCUT2D eigenvalue weighted by atomic mass is 10.1. The van der Waals surface area contributed by atoms with Crippen molar-refractivity contribution in [2.75, 3.05) is 11.9 Å². The number of rotatable bonds is 5. The fourth-order valence-corrected chi connectivity index (χ4v) is 2.20. The van der Waals surface area contributed by atoms with Crippen LogP contribution in [0.25, 0.3) is 0 Å². The Morgan fingerprint density at radius 2 is 1.88 bits per heavy atom. The SMILES string of the molecule is CCc1noc(C)c1C(=O)Nc1ccccc1C(=O)NCC(F)(F)F. The largest absolute Gasteiger partial charge is 0.405 e. The molecule has 9 heteroatoms. The van der Waals surface area contributed by atoms with Gasteiger partial charge in [-0.25, -0.2) is 0 Å². The van der Waals surface area contributed by atoms with E-state index in [9.17, 15) is 22.8 Å². The maximum absolute atomic E-state index is 12.4. The maximum Gasteiger partial charge on any atom is 0.405 e. The van der Waals surface area contributed by atoms with Gasteiger partial charge in [0.1, 0.15) is 17.9 Å².